The molecule has 6 heteroatoms. The van der Waals surface area contributed by atoms with E-state index in [1.807, 2.05) is 0 Å². The Morgan fingerprint density at radius 3 is 2.56 bits per heavy atom. The van der Waals surface area contributed by atoms with Gasteiger partial charge in [-0.1, -0.05) is 22.0 Å². The largest absolute Gasteiger partial charge is 0.438 e. The van der Waals surface area contributed by atoms with Crippen LogP contribution < -0.4 is 4.74 Å². The van der Waals surface area contributed by atoms with Gasteiger partial charge in [-0.2, -0.15) is 13.2 Å². The molecule has 0 saturated heterocycles. The van der Waals surface area contributed by atoms with Gasteiger partial charge in [0, 0.05) is 10.7 Å². The molecule has 2 rings (SSSR count). The van der Waals surface area contributed by atoms with Crippen molar-refractivity contribution in [2.24, 2.45) is 0 Å². The molecule has 2 aromatic rings. The van der Waals surface area contributed by atoms with E-state index in [1.165, 1.54) is 12.3 Å². The molecule has 1 heterocycles. The van der Waals surface area contributed by atoms with Crippen molar-refractivity contribution in [2.75, 3.05) is 0 Å². The molecular weight excluding hydrogens is 311 g/mol. The Balaban J connectivity index is 2.35. The summed E-state index contributed by atoms with van der Waals surface area (Å²) in [5.41, 5.74) is -0.898. The summed E-state index contributed by atoms with van der Waals surface area (Å²) in [6, 6.07) is 8.68. The molecule has 0 N–H and O–H groups in total. The second-order valence-corrected chi connectivity index (χ2v) is 4.33. The molecule has 0 aliphatic heterocycles. The highest BCUT2D eigenvalue weighted by Crippen LogP contribution is 2.36. The van der Waals surface area contributed by atoms with Crippen LogP contribution in [0.15, 0.2) is 47.1 Å². The van der Waals surface area contributed by atoms with Crippen molar-refractivity contribution in [3.63, 3.8) is 0 Å². The zero-order chi connectivity index (χ0) is 13.2. The van der Waals surface area contributed by atoms with Crippen LogP contribution in [0.4, 0.5) is 13.2 Å². The second kappa shape index (κ2) is 4.97. The minimum atomic E-state index is -4.49. The Hall–Kier alpha value is -1.56. The number of pyridine rings is 1. The average Bonchev–Trinajstić information content (AvgIpc) is 2.28. The van der Waals surface area contributed by atoms with E-state index in [2.05, 4.69) is 20.9 Å². The first kappa shape index (κ1) is 12.9. The normalized spacial score (nSPS) is 11.3. The van der Waals surface area contributed by atoms with Gasteiger partial charge in [0.25, 0.3) is 0 Å². The van der Waals surface area contributed by atoms with Gasteiger partial charge in [0.1, 0.15) is 11.3 Å². The number of rotatable bonds is 2. The topological polar surface area (TPSA) is 22.1 Å². The Morgan fingerprint density at radius 2 is 1.89 bits per heavy atom. The van der Waals surface area contributed by atoms with Crippen molar-refractivity contribution < 1.29 is 17.9 Å². The van der Waals surface area contributed by atoms with Gasteiger partial charge in [-0.05, 0) is 30.3 Å². The number of hydrogen-bond acceptors (Lipinski definition) is 2. The molecule has 2 nitrogen and oxygen atoms in total. The Labute approximate surface area is 110 Å². The van der Waals surface area contributed by atoms with Crippen LogP contribution in [0.25, 0.3) is 0 Å². The molecule has 0 spiro atoms. The molecular formula is C12H7BrF3NO. The summed E-state index contributed by atoms with van der Waals surface area (Å²) in [5.74, 6) is -0.170. The maximum absolute atomic E-state index is 12.7. The van der Waals surface area contributed by atoms with Gasteiger partial charge in [0.15, 0.2) is 0 Å². The molecule has 94 valence electrons. The Kier molecular flexibility index (Phi) is 3.56. The molecule has 0 radical (unpaired) electrons. The third-order valence-corrected chi connectivity index (χ3v) is 2.58. The van der Waals surface area contributed by atoms with E-state index in [0.717, 1.165) is 6.07 Å². The zero-order valence-corrected chi connectivity index (χ0v) is 10.5. The highest BCUT2D eigenvalue weighted by Gasteiger charge is 2.35. The lowest BCUT2D eigenvalue weighted by atomic mass is 10.2. The summed E-state index contributed by atoms with van der Waals surface area (Å²) in [5, 5.41) is 0. The van der Waals surface area contributed by atoms with Crippen molar-refractivity contribution in [3.8, 4) is 11.6 Å². The predicted molar refractivity (Wildman–Crippen MR) is 63.5 cm³/mol. The maximum atomic E-state index is 12.7. The summed E-state index contributed by atoms with van der Waals surface area (Å²) < 4.78 is 44.0. The lowest BCUT2D eigenvalue weighted by molar-refractivity contribution is -0.138. The van der Waals surface area contributed by atoms with E-state index in [-0.39, 0.29) is 5.75 Å². The number of aromatic nitrogens is 1. The van der Waals surface area contributed by atoms with Gasteiger partial charge in [0.2, 0.25) is 5.88 Å². The van der Waals surface area contributed by atoms with Gasteiger partial charge in [-0.15, -0.1) is 0 Å². The standard InChI is InChI=1S/C12H7BrF3NO/c13-8-3-1-4-9(7-8)18-11-10(12(14,15)16)5-2-6-17-11/h1-7H. The average molecular weight is 318 g/mol. The number of alkyl halides is 3. The van der Waals surface area contributed by atoms with Crippen molar-refractivity contribution in [3.05, 3.63) is 52.6 Å². The number of nitrogens with zero attached hydrogens (tertiary/aromatic N) is 1. The maximum Gasteiger partial charge on any atom is 0.421 e. The van der Waals surface area contributed by atoms with E-state index >= 15 is 0 Å². The van der Waals surface area contributed by atoms with Gasteiger partial charge < -0.3 is 4.74 Å². The predicted octanol–water partition coefficient (Wildman–Crippen LogP) is 4.66. The van der Waals surface area contributed by atoms with Crippen molar-refractivity contribution in [1.29, 1.82) is 0 Å². The number of ether oxygens (including phenoxy) is 1. The van der Waals surface area contributed by atoms with E-state index in [0.29, 0.717) is 4.47 Å². The summed E-state index contributed by atoms with van der Waals surface area (Å²) in [4.78, 5) is 3.61. The Morgan fingerprint density at radius 1 is 1.11 bits per heavy atom. The van der Waals surface area contributed by atoms with Crippen molar-refractivity contribution in [2.45, 2.75) is 6.18 Å². The minimum absolute atomic E-state index is 0.286. The number of benzene rings is 1. The highest BCUT2D eigenvalue weighted by atomic mass is 79.9. The molecule has 0 atom stereocenters. The lowest BCUT2D eigenvalue weighted by Crippen LogP contribution is -2.08. The molecule has 18 heavy (non-hydrogen) atoms. The minimum Gasteiger partial charge on any atom is -0.438 e. The van der Waals surface area contributed by atoms with Crippen LogP contribution in [-0.4, -0.2) is 4.98 Å². The van der Waals surface area contributed by atoms with E-state index in [4.69, 9.17) is 4.74 Å². The van der Waals surface area contributed by atoms with Crippen LogP contribution in [0.5, 0.6) is 11.6 Å². The fourth-order valence-corrected chi connectivity index (χ4v) is 1.71. The first-order valence-corrected chi connectivity index (χ1v) is 5.72. The van der Waals surface area contributed by atoms with Crippen LogP contribution in [0.2, 0.25) is 0 Å². The zero-order valence-electron chi connectivity index (χ0n) is 8.91. The number of halogens is 4. The smallest absolute Gasteiger partial charge is 0.421 e. The van der Waals surface area contributed by atoms with Crippen LogP contribution in [0.1, 0.15) is 5.56 Å². The third kappa shape index (κ3) is 3.01. The molecule has 0 saturated carbocycles. The molecule has 0 aliphatic carbocycles. The summed E-state index contributed by atoms with van der Waals surface area (Å²) in [6.07, 6.45) is -3.24. The van der Waals surface area contributed by atoms with Crippen molar-refractivity contribution in [1.82, 2.24) is 4.98 Å². The van der Waals surface area contributed by atoms with E-state index < -0.39 is 17.6 Å². The third-order valence-electron chi connectivity index (χ3n) is 2.09. The van der Waals surface area contributed by atoms with Crippen LogP contribution in [0.3, 0.4) is 0 Å². The van der Waals surface area contributed by atoms with E-state index in [1.54, 1.807) is 24.3 Å². The van der Waals surface area contributed by atoms with Crippen LogP contribution >= 0.6 is 15.9 Å². The summed E-state index contributed by atoms with van der Waals surface area (Å²) in [7, 11) is 0. The first-order valence-electron chi connectivity index (χ1n) is 4.92. The second-order valence-electron chi connectivity index (χ2n) is 3.41. The quantitative estimate of drug-likeness (QED) is 0.804. The molecule has 1 aromatic carbocycles. The molecule has 0 bridgehead atoms. The first-order chi connectivity index (χ1) is 8.47. The highest BCUT2D eigenvalue weighted by molar-refractivity contribution is 9.10. The molecule has 0 fully saturated rings. The number of hydrogen-bond donors (Lipinski definition) is 0. The molecule has 0 aliphatic rings. The molecule has 0 unspecified atom stereocenters. The van der Waals surface area contributed by atoms with Gasteiger partial charge in [-0.3, -0.25) is 0 Å². The van der Waals surface area contributed by atoms with Gasteiger partial charge in [-0.25, -0.2) is 4.98 Å². The van der Waals surface area contributed by atoms with E-state index in [9.17, 15) is 13.2 Å². The molecule has 1 aromatic heterocycles. The summed E-state index contributed by atoms with van der Waals surface area (Å²) >= 11 is 3.21. The SMILES string of the molecule is FC(F)(F)c1cccnc1Oc1cccc(Br)c1. The fourth-order valence-electron chi connectivity index (χ4n) is 1.33. The van der Waals surface area contributed by atoms with Crippen LogP contribution in [-0.2, 0) is 6.18 Å². The molecule has 0 amide bonds. The van der Waals surface area contributed by atoms with Crippen LogP contribution in [0, 0.1) is 0 Å². The van der Waals surface area contributed by atoms with Gasteiger partial charge >= 0.3 is 6.18 Å². The van der Waals surface area contributed by atoms with Crippen molar-refractivity contribution >= 4 is 15.9 Å². The van der Waals surface area contributed by atoms with Gasteiger partial charge in [0.05, 0.1) is 0 Å². The lowest BCUT2D eigenvalue weighted by Gasteiger charge is -2.12. The monoisotopic (exact) mass is 317 g/mol. The fraction of sp³-hybridized carbons (Fsp3) is 0.0833. The summed E-state index contributed by atoms with van der Waals surface area (Å²) in [6.45, 7) is 0. The Bertz CT molecular complexity index is 557.